The van der Waals surface area contributed by atoms with E-state index in [1.165, 1.54) is 4.90 Å². The number of nitro groups is 1. The third-order valence-corrected chi connectivity index (χ3v) is 6.62. The normalized spacial score (nSPS) is 23.8. The van der Waals surface area contributed by atoms with Gasteiger partial charge in [-0.15, -0.1) is 0 Å². The highest BCUT2D eigenvalue weighted by molar-refractivity contribution is 6.02. The minimum absolute atomic E-state index is 0.0190. The van der Waals surface area contributed by atoms with Gasteiger partial charge in [-0.2, -0.15) is 0 Å². The number of fused-ring (bicyclic) bond motifs is 3. The summed E-state index contributed by atoms with van der Waals surface area (Å²) in [6.45, 7) is 4.91. The Labute approximate surface area is 211 Å². The molecular formula is C25H26FN3O8. The molecule has 0 aliphatic carbocycles. The van der Waals surface area contributed by atoms with Crippen molar-refractivity contribution in [1.82, 2.24) is 5.32 Å². The lowest BCUT2D eigenvalue weighted by Gasteiger charge is -2.31. The summed E-state index contributed by atoms with van der Waals surface area (Å²) >= 11 is 0. The number of nitrogens with zero attached hydrogens (tertiary/aromatic N) is 2. The molecule has 4 rings (SSSR count). The van der Waals surface area contributed by atoms with Crippen molar-refractivity contribution in [3.05, 3.63) is 69.5 Å². The molecule has 0 spiro atoms. The van der Waals surface area contributed by atoms with Crippen LogP contribution in [0.2, 0.25) is 0 Å². The number of esters is 2. The molecular weight excluding hydrogens is 489 g/mol. The van der Waals surface area contributed by atoms with Crippen LogP contribution in [0.25, 0.3) is 0 Å². The number of carbonyl (C=O) groups is 3. The third-order valence-electron chi connectivity index (χ3n) is 6.62. The first-order valence-corrected chi connectivity index (χ1v) is 11.6. The van der Waals surface area contributed by atoms with Crippen LogP contribution < -0.4 is 10.2 Å². The van der Waals surface area contributed by atoms with Gasteiger partial charge >= 0.3 is 18.0 Å². The van der Waals surface area contributed by atoms with Gasteiger partial charge < -0.3 is 14.2 Å². The zero-order valence-electron chi connectivity index (χ0n) is 20.6. The number of hydrogen-bond acceptors (Lipinski definition) is 9. The van der Waals surface area contributed by atoms with Gasteiger partial charge in [0, 0.05) is 12.5 Å². The third kappa shape index (κ3) is 3.88. The van der Waals surface area contributed by atoms with Crippen molar-refractivity contribution in [3.63, 3.8) is 0 Å². The number of anilines is 1. The molecule has 1 N–H and O–H groups in total. The molecule has 2 aromatic carbocycles. The van der Waals surface area contributed by atoms with E-state index in [1.54, 1.807) is 45.0 Å². The molecule has 0 radical (unpaired) electrons. The van der Waals surface area contributed by atoms with Crippen molar-refractivity contribution in [2.75, 3.05) is 18.6 Å². The van der Waals surface area contributed by atoms with E-state index in [9.17, 15) is 28.9 Å². The zero-order chi connectivity index (χ0) is 27.1. The summed E-state index contributed by atoms with van der Waals surface area (Å²) in [6.07, 6.45) is -3.12. The number of benzene rings is 2. The lowest BCUT2D eigenvalue weighted by molar-refractivity contribution is -0.386. The molecule has 2 aliphatic rings. The maximum absolute atomic E-state index is 14.5. The van der Waals surface area contributed by atoms with Gasteiger partial charge in [-0.3, -0.25) is 25.1 Å². The van der Waals surface area contributed by atoms with Crippen molar-refractivity contribution < 1.29 is 37.9 Å². The van der Waals surface area contributed by atoms with Gasteiger partial charge in [-0.1, -0.05) is 18.2 Å². The van der Waals surface area contributed by atoms with Crippen LogP contribution in [0.4, 0.5) is 20.6 Å². The number of halogens is 1. The number of nitrogens with one attached hydrogen (secondary N) is 1. The molecule has 1 saturated heterocycles. The first-order valence-electron chi connectivity index (χ1n) is 11.6. The standard InChI is InChI=1S/C25H26FN3O8/c1-5-36-23(32)28-18-9-7-6-8-16(18)24(21(30)37-14(2)3)13-25(22(31)35-4,27-20(24)28)17-12-15(26)10-11-19(17)29(33)34/h6-12,14,20,27H,5,13H2,1-4H3/t20-,24-,25+/m1/s1. The van der Waals surface area contributed by atoms with Crippen molar-refractivity contribution in [1.29, 1.82) is 0 Å². The summed E-state index contributed by atoms with van der Waals surface area (Å²) in [7, 11) is 1.07. The largest absolute Gasteiger partial charge is 0.467 e. The molecule has 2 aliphatic heterocycles. The Morgan fingerprint density at radius 3 is 2.51 bits per heavy atom. The Morgan fingerprint density at radius 2 is 1.89 bits per heavy atom. The smallest absolute Gasteiger partial charge is 0.415 e. The molecule has 11 nitrogen and oxygen atoms in total. The van der Waals surface area contributed by atoms with Crippen LogP contribution in [0.5, 0.6) is 0 Å². The average molecular weight is 515 g/mol. The Hall–Kier alpha value is -4.06. The summed E-state index contributed by atoms with van der Waals surface area (Å²) in [5.74, 6) is -2.62. The minimum atomic E-state index is -2.10. The molecule has 0 bridgehead atoms. The Morgan fingerprint density at radius 1 is 1.19 bits per heavy atom. The molecule has 3 atom stereocenters. The fraction of sp³-hybridized carbons (Fsp3) is 0.400. The molecule has 2 aromatic rings. The minimum Gasteiger partial charge on any atom is -0.467 e. The van der Waals surface area contributed by atoms with Gasteiger partial charge in [0.05, 0.1) is 36.0 Å². The Balaban J connectivity index is 2.04. The summed E-state index contributed by atoms with van der Waals surface area (Å²) in [5, 5.41) is 14.9. The van der Waals surface area contributed by atoms with E-state index in [0.717, 1.165) is 25.3 Å². The summed E-state index contributed by atoms with van der Waals surface area (Å²) in [5.41, 5.74) is -4.05. The molecule has 1 amide bonds. The van der Waals surface area contributed by atoms with Crippen LogP contribution in [0.1, 0.15) is 38.3 Å². The highest BCUT2D eigenvalue weighted by Crippen LogP contribution is 2.57. The van der Waals surface area contributed by atoms with Crippen LogP contribution >= 0.6 is 0 Å². The maximum Gasteiger partial charge on any atom is 0.415 e. The average Bonchev–Trinajstić information content (AvgIpc) is 3.34. The number of rotatable bonds is 6. The highest BCUT2D eigenvalue weighted by Gasteiger charge is 2.71. The first-order chi connectivity index (χ1) is 17.5. The van der Waals surface area contributed by atoms with Crippen molar-refractivity contribution >= 4 is 29.4 Å². The van der Waals surface area contributed by atoms with Gasteiger partial charge in [0.25, 0.3) is 5.69 Å². The van der Waals surface area contributed by atoms with E-state index in [1.807, 2.05) is 0 Å². The van der Waals surface area contributed by atoms with Crippen LogP contribution in [-0.2, 0) is 34.8 Å². The van der Waals surface area contributed by atoms with Crippen molar-refractivity contribution in [2.45, 2.75) is 50.4 Å². The van der Waals surface area contributed by atoms with Crippen molar-refractivity contribution in [2.24, 2.45) is 0 Å². The number of ether oxygens (including phenoxy) is 3. The van der Waals surface area contributed by atoms with Gasteiger partial charge in [0.1, 0.15) is 17.4 Å². The number of hydrogen-bond donors (Lipinski definition) is 1. The monoisotopic (exact) mass is 515 g/mol. The summed E-state index contributed by atoms with van der Waals surface area (Å²) in [6, 6.07) is 9.22. The molecule has 12 heteroatoms. The highest BCUT2D eigenvalue weighted by atomic mass is 19.1. The topological polar surface area (TPSA) is 137 Å². The van der Waals surface area contributed by atoms with Crippen molar-refractivity contribution in [3.8, 4) is 0 Å². The number of para-hydroxylation sites is 1. The lowest BCUT2D eigenvalue weighted by atomic mass is 9.72. The van der Waals surface area contributed by atoms with Gasteiger partial charge in [0.2, 0.25) is 0 Å². The predicted octanol–water partition coefficient (Wildman–Crippen LogP) is 3.29. The SMILES string of the molecule is CCOC(=O)N1c2ccccc2[C@]2(C(=O)OC(C)C)C[C@@](C(=O)OC)(c3cc(F)ccc3[N+](=O)[O-])N[C@H]12. The van der Waals surface area contributed by atoms with Crippen LogP contribution in [-0.4, -0.2) is 48.9 Å². The second kappa shape index (κ2) is 9.43. The van der Waals surface area contributed by atoms with Gasteiger partial charge in [0.15, 0.2) is 5.54 Å². The molecule has 2 heterocycles. The van der Waals surface area contributed by atoms with E-state index in [2.05, 4.69) is 5.32 Å². The first kappa shape index (κ1) is 26.0. The zero-order valence-corrected chi connectivity index (χ0v) is 20.6. The molecule has 196 valence electrons. The Bertz CT molecular complexity index is 1280. The fourth-order valence-electron chi connectivity index (χ4n) is 5.26. The molecule has 37 heavy (non-hydrogen) atoms. The van der Waals surface area contributed by atoms with E-state index < -0.39 is 64.1 Å². The molecule has 0 saturated carbocycles. The maximum atomic E-state index is 14.5. The molecule has 1 fully saturated rings. The molecule has 0 aromatic heterocycles. The van der Waals surface area contributed by atoms with Gasteiger partial charge in [-0.25, -0.2) is 14.0 Å². The number of nitro benzene ring substituents is 1. The van der Waals surface area contributed by atoms with Crippen LogP contribution in [0.3, 0.4) is 0 Å². The lowest BCUT2D eigenvalue weighted by Crippen LogP contribution is -2.57. The molecule has 0 unspecified atom stereocenters. The number of amides is 1. The summed E-state index contributed by atoms with van der Waals surface area (Å²) in [4.78, 5) is 52.8. The number of methoxy groups -OCH3 is 1. The predicted molar refractivity (Wildman–Crippen MR) is 127 cm³/mol. The van der Waals surface area contributed by atoms with E-state index >= 15 is 0 Å². The quantitative estimate of drug-likeness (QED) is 0.266. The second-order valence-corrected chi connectivity index (χ2v) is 9.05. The van der Waals surface area contributed by atoms with E-state index in [0.29, 0.717) is 11.3 Å². The number of carbonyl (C=O) groups excluding carboxylic acids is 3. The summed E-state index contributed by atoms with van der Waals surface area (Å²) < 4.78 is 30.4. The van der Waals surface area contributed by atoms with E-state index in [-0.39, 0.29) is 12.2 Å². The van der Waals surface area contributed by atoms with Crippen LogP contribution in [0, 0.1) is 15.9 Å². The van der Waals surface area contributed by atoms with E-state index in [4.69, 9.17) is 14.2 Å². The van der Waals surface area contributed by atoms with Gasteiger partial charge in [-0.05, 0) is 44.5 Å². The fourth-order valence-corrected chi connectivity index (χ4v) is 5.26. The Kier molecular flexibility index (Phi) is 6.63. The van der Waals surface area contributed by atoms with Crippen LogP contribution in [0.15, 0.2) is 42.5 Å². The second-order valence-electron chi connectivity index (χ2n) is 9.05.